The maximum absolute atomic E-state index is 12.1. The molecule has 0 saturated heterocycles. The monoisotopic (exact) mass is 341 g/mol. The van der Waals surface area contributed by atoms with Crippen molar-refractivity contribution in [3.8, 4) is 0 Å². The summed E-state index contributed by atoms with van der Waals surface area (Å²) >= 11 is 5.08. The lowest BCUT2D eigenvalue weighted by atomic mass is 10.4. The molecule has 0 aliphatic rings. The van der Waals surface area contributed by atoms with Crippen LogP contribution in [0.2, 0.25) is 0 Å². The number of anilines is 1. The fraction of sp³-hybridized carbons (Fsp3) is 0.385. The fourth-order valence-corrected chi connectivity index (χ4v) is 3.34. The van der Waals surface area contributed by atoms with E-state index in [0.717, 1.165) is 28.1 Å². The molecule has 0 saturated carbocycles. The summed E-state index contributed by atoms with van der Waals surface area (Å²) in [5, 5.41) is 6.25. The van der Waals surface area contributed by atoms with Gasteiger partial charge in [0.1, 0.15) is 0 Å². The largest absolute Gasteiger partial charge is 0.371 e. The maximum Gasteiger partial charge on any atom is 0.269 e. The van der Waals surface area contributed by atoms with Crippen LogP contribution >= 0.6 is 27.3 Å². The summed E-state index contributed by atoms with van der Waals surface area (Å²) in [4.78, 5) is 15.3. The molecule has 0 amide bonds. The molecule has 2 aromatic heterocycles. The minimum atomic E-state index is -0.0651. The van der Waals surface area contributed by atoms with Crippen LogP contribution in [0.5, 0.6) is 0 Å². The zero-order valence-corrected chi connectivity index (χ0v) is 13.4. The molecule has 0 N–H and O–H groups in total. The van der Waals surface area contributed by atoms with Gasteiger partial charge in [0.05, 0.1) is 18.4 Å². The summed E-state index contributed by atoms with van der Waals surface area (Å²) in [6.45, 7) is 6.39. The SMILES string of the molecule is CCN(CC)c1cnn(Cc2sccc2Br)c(=O)c1. The van der Waals surface area contributed by atoms with Gasteiger partial charge in [0.2, 0.25) is 0 Å². The second-order valence-corrected chi connectivity index (χ2v) is 5.93. The van der Waals surface area contributed by atoms with Crippen LogP contribution in [0.1, 0.15) is 18.7 Å². The van der Waals surface area contributed by atoms with Gasteiger partial charge in [0.15, 0.2) is 0 Å². The molecular weight excluding hydrogens is 326 g/mol. The summed E-state index contributed by atoms with van der Waals surface area (Å²) in [5.41, 5.74) is 0.821. The molecule has 0 atom stereocenters. The summed E-state index contributed by atoms with van der Waals surface area (Å²) in [6.07, 6.45) is 1.76. The average Bonchev–Trinajstić information content (AvgIpc) is 2.80. The van der Waals surface area contributed by atoms with E-state index in [1.165, 1.54) is 4.68 Å². The van der Waals surface area contributed by atoms with Gasteiger partial charge in [0, 0.05) is 28.5 Å². The molecule has 2 rings (SSSR count). The Bertz CT molecular complexity index is 604. The van der Waals surface area contributed by atoms with Gasteiger partial charge in [-0.2, -0.15) is 5.10 Å². The lowest BCUT2D eigenvalue weighted by molar-refractivity contribution is 0.641. The summed E-state index contributed by atoms with van der Waals surface area (Å²) in [5.74, 6) is 0. The number of thiophene rings is 1. The van der Waals surface area contributed by atoms with Crippen LogP contribution in [-0.4, -0.2) is 22.9 Å². The molecule has 0 fully saturated rings. The van der Waals surface area contributed by atoms with Crippen molar-refractivity contribution in [2.75, 3.05) is 18.0 Å². The first-order valence-corrected chi connectivity index (χ1v) is 7.87. The Hall–Kier alpha value is -1.14. The number of nitrogens with zero attached hydrogens (tertiary/aromatic N) is 3. The van der Waals surface area contributed by atoms with Gasteiger partial charge in [-0.25, -0.2) is 4.68 Å². The van der Waals surface area contributed by atoms with E-state index in [2.05, 4.69) is 39.8 Å². The lowest BCUT2D eigenvalue weighted by Gasteiger charge is -2.20. The van der Waals surface area contributed by atoms with Gasteiger partial charge < -0.3 is 4.90 Å². The van der Waals surface area contributed by atoms with E-state index in [0.29, 0.717) is 6.54 Å². The Labute approximate surface area is 124 Å². The molecule has 0 spiro atoms. The van der Waals surface area contributed by atoms with Crippen LogP contribution in [0.15, 0.2) is 33.0 Å². The van der Waals surface area contributed by atoms with Crippen LogP contribution in [0.3, 0.4) is 0 Å². The van der Waals surface area contributed by atoms with E-state index in [-0.39, 0.29) is 5.56 Å². The highest BCUT2D eigenvalue weighted by Gasteiger charge is 2.08. The molecule has 19 heavy (non-hydrogen) atoms. The zero-order valence-electron chi connectivity index (χ0n) is 11.0. The molecular formula is C13H16BrN3OS. The molecule has 0 radical (unpaired) electrons. The van der Waals surface area contributed by atoms with E-state index in [1.807, 2.05) is 11.4 Å². The van der Waals surface area contributed by atoms with Gasteiger partial charge in [-0.1, -0.05) is 0 Å². The van der Waals surface area contributed by atoms with E-state index in [4.69, 9.17) is 0 Å². The highest BCUT2D eigenvalue weighted by molar-refractivity contribution is 9.10. The molecule has 4 nitrogen and oxygen atoms in total. The zero-order chi connectivity index (χ0) is 13.8. The van der Waals surface area contributed by atoms with Gasteiger partial charge in [-0.05, 0) is 41.2 Å². The fourth-order valence-electron chi connectivity index (χ4n) is 1.88. The minimum Gasteiger partial charge on any atom is -0.371 e. The normalized spacial score (nSPS) is 10.7. The first-order valence-electron chi connectivity index (χ1n) is 6.19. The molecule has 6 heteroatoms. The number of hydrogen-bond acceptors (Lipinski definition) is 4. The van der Waals surface area contributed by atoms with Gasteiger partial charge in [-0.3, -0.25) is 4.79 Å². The molecule has 0 unspecified atom stereocenters. The second-order valence-electron chi connectivity index (χ2n) is 4.07. The first kappa shape index (κ1) is 14.3. The van der Waals surface area contributed by atoms with E-state index in [1.54, 1.807) is 23.6 Å². The Morgan fingerprint density at radius 2 is 2.16 bits per heavy atom. The minimum absolute atomic E-state index is 0.0651. The highest BCUT2D eigenvalue weighted by Crippen LogP contribution is 2.22. The smallest absolute Gasteiger partial charge is 0.269 e. The van der Waals surface area contributed by atoms with E-state index < -0.39 is 0 Å². The highest BCUT2D eigenvalue weighted by atomic mass is 79.9. The van der Waals surface area contributed by atoms with E-state index >= 15 is 0 Å². The molecule has 2 aromatic rings. The number of hydrogen-bond donors (Lipinski definition) is 0. The van der Waals surface area contributed by atoms with Crippen molar-refractivity contribution in [2.45, 2.75) is 20.4 Å². The van der Waals surface area contributed by atoms with Gasteiger partial charge in [-0.15, -0.1) is 11.3 Å². The van der Waals surface area contributed by atoms with Crippen LogP contribution in [0.25, 0.3) is 0 Å². The number of rotatable bonds is 5. The summed E-state index contributed by atoms with van der Waals surface area (Å²) < 4.78 is 2.52. The predicted octanol–water partition coefficient (Wildman–Crippen LogP) is 2.96. The van der Waals surface area contributed by atoms with Gasteiger partial charge in [0.25, 0.3) is 5.56 Å². The van der Waals surface area contributed by atoms with Crippen LogP contribution < -0.4 is 10.5 Å². The Balaban J connectivity index is 2.25. The number of halogens is 1. The predicted molar refractivity (Wildman–Crippen MR) is 83.2 cm³/mol. The van der Waals surface area contributed by atoms with Crippen molar-refractivity contribution in [3.63, 3.8) is 0 Å². The molecule has 0 aliphatic heterocycles. The summed E-state index contributed by atoms with van der Waals surface area (Å²) in [6, 6.07) is 3.64. The second kappa shape index (κ2) is 6.34. The quantitative estimate of drug-likeness (QED) is 0.839. The number of aromatic nitrogens is 2. The van der Waals surface area contributed by atoms with Crippen molar-refractivity contribution in [1.29, 1.82) is 0 Å². The van der Waals surface area contributed by atoms with Crippen LogP contribution in [-0.2, 0) is 6.54 Å². The molecule has 0 bridgehead atoms. The Kier molecular flexibility index (Phi) is 4.76. The van der Waals surface area contributed by atoms with Crippen molar-refractivity contribution in [2.24, 2.45) is 0 Å². The summed E-state index contributed by atoms with van der Waals surface area (Å²) in [7, 11) is 0. The standard InChI is InChI=1S/C13H16BrN3OS/c1-3-16(4-2)10-7-13(18)17(15-8-10)9-12-11(14)5-6-19-12/h5-8H,3-4,9H2,1-2H3. The first-order chi connectivity index (χ1) is 9.15. The van der Waals surface area contributed by atoms with Crippen LogP contribution in [0, 0.1) is 0 Å². The Morgan fingerprint density at radius 3 is 2.68 bits per heavy atom. The third-order valence-electron chi connectivity index (χ3n) is 2.97. The molecule has 2 heterocycles. The third kappa shape index (κ3) is 3.25. The molecule has 102 valence electrons. The van der Waals surface area contributed by atoms with Crippen molar-refractivity contribution >= 4 is 33.0 Å². The maximum atomic E-state index is 12.1. The van der Waals surface area contributed by atoms with Crippen LogP contribution in [0.4, 0.5) is 5.69 Å². The lowest BCUT2D eigenvalue weighted by Crippen LogP contribution is -2.27. The van der Waals surface area contributed by atoms with Crippen molar-refractivity contribution < 1.29 is 0 Å². The van der Waals surface area contributed by atoms with Crippen molar-refractivity contribution in [1.82, 2.24) is 9.78 Å². The average molecular weight is 342 g/mol. The molecule has 0 aliphatic carbocycles. The van der Waals surface area contributed by atoms with Crippen molar-refractivity contribution in [3.05, 3.63) is 43.4 Å². The van der Waals surface area contributed by atoms with Gasteiger partial charge >= 0.3 is 0 Å². The van der Waals surface area contributed by atoms with E-state index in [9.17, 15) is 4.79 Å². The Morgan fingerprint density at radius 1 is 1.42 bits per heavy atom. The topological polar surface area (TPSA) is 38.1 Å². The third-order valence-corrected chi connectivity index (χ3v) is 4.88. The molecule has 0 aromatic carbocycles.